The Morgan fingerprint density at radius 1 is 1.28 bits per heavy atom. The highest BCUT2D eigenvalue weighted by molar-refractivity contribution is 5.20. The van der Waals surface area contributed by atoms with Crippen LogP contribution in [0.4, 0.5) is 0 Å². The monoisotopic (exact) mass is 252 g/mol. The molecule has 1 saturated heterocycles. The van der Waals surface area contributed by atoms with Crippen LogP contribution >= 0.6 is 0 Å². The van der Waals surface area contributed by atoms with Gasteiger partial charge in [-0.1, -0.05) is 27.2 Å². The second-order valence-corrected chi connectivity index (χ2v) is 7.51. The van der Waals surface area contributed by atoms with E-state index in [2.05, 4.69) is 58.5 Å². The van der Waals surface area contributed by atoms with Crippen molar-refractivity contribution in [3.63, 3.8) is 0 Å². The van der Waals surface area contributed by atoms with Crippen molar-refractivity contribution in [3.05, 3.63) is 0 Å². The van der Waals surface area contributed by atoms with Crippen LogP contribution in [0.2, 0.25) is 0 Å². The lowest BCUT2D eigenvalue weighted by Crippen LogP contribution is -2.47. The number of piperidine rings is 1. The smallest absolute Gasteiger partial charge is 0.0173 e. The number of likely N-dealkylation sites (tertiary alicyclic amines) is 1. The maximum atomic E-state index is 2.85. The summed E-state index contributed by atoms with van der Waals surface area (Å²) in [6.07, 6.45) is 2.73. The highest BCUT2D eigenvalue weighted by Crippen LogP contribution is 2.64. The molecule has 5 atom stereocenters. The zero-order chi connectivity index (χ0) is 13.7. The average molecular weight is 252 g/mol. The molecule has 2 rings (SSSR count). The Balaban J connectivity index is 2.24. The molecule has 1 saturated carbocycles. The Hall–Kier alpha value is -0.0800. The lowest BCUT2D eigenvalue weighted by molar-refractivity contribution is 0.0833. The van der Waals surface area contributed by atoms with E-state index < -0.39 is 0 Å². The zero-order valence-electron chi connectivity index (χ0n) is 13.4. The summed E-state index contributed by atoms with van der Waals surface area (Å²) in [5, 5.41) is 0. The molecule has 1 aliphatic heterocycles. The van der Waals surface area contributed by atoms with Gasteiger partial charge in [-0.05, 0) is 51.6 Å². The van der Waals surface area contributed by atoms with Crippen LogP contribution in [-0.2, 0) is 0 Å². The van der Waals surface area contributed by atoms with Crippen molar-refractivity contribution in [1.82, 2.24) is 9.80 Å². The number of hydrogen-bond acceptors (Lipinski definition) is 2. The van der Waals surface area contributed by atoms with Crippen molar-refractivity contribution >= 4 is 0 Å². The predicted octanol–water partition coefficient (Wildman–Crippen LogP) is 3.08. The molecule has 1 aliphatic carbocycles. The highest BCUT2D eigenvalue weighted by atomic mass is 15.3. The van der Waals surface area contributed by atoms with E-state index in [9.17, 15) is 0 Å². The van der Waals surface area contributed by atoms with Crippen LogP contribution in [0.15, 0.2) is 0 Å². The molecule has 0 N–H and O–H groups in total. The SMILES string of the molecule is CCC(C)[C@@H]1C(CN(C)C)[C@@]2(C)C[C@H]2N1C(C)C. The quantitative estimate of drug-likeness (QED) is 0.742. The van der Waals surface area contributed by atoms with Crippen LogP contribution in [0.5, 0.6) is 0 Å². The van der Waals surface area contributed by atoms with Gasteiger partial charge in [-0.2, -0.15) is 0 Å². The fourth-order valence-corrected chi connectivity index (χ4v) is 4.35. The van der Waals surface area contributed by atoms with Gasteiger partial charge in [-0.25, -0.2) is 0 Å². The molecule has 0 radical (unpaired) electrons. The molecule has 0 aromatic heterocycles. The molecule has 2 aliphatic rings. The maximum absolute atomic E-state index is 2.85. The Morgan fingerprint density at radius 2 is 1.89 bits per heavy atom. The molecule has 0 aromatic carbocycles. The fraction of sp³-hybridized carbons (Fsp3) is 1.00. The van der Waals surface area contributed by atoms with E-state index in [0.29, 0.717) is 11.5 Å². The minimum Gasteiger partial charge on any atom is -0.309 e. The van der Waals surface area contributed by atoms with Gasteiger partial charge in [-0.15, -0.1) is 0 Å². The minimum atomic E-state index is 0.600. The Labute approximate surface area is 114 Å². The Kier molecular flexibility index (Phi) is 3.81. The van der Waals surface area contributed by atoms with E-state index >= 15 is 0 Å². The van der Waals surface area contributed by atoms with Crippen molar-refractivity contribution in [2.75, 3.05) is 20.6 Å². The first-order valence-electron chi connectivity index (χ1n) is 7.75. The summed E-state index contributed by atoms with van der Waals surface area (Å²) < 4.78 is 0. The largest absolute Gasteiger partial charge is 0.309 e. The van der Waals surface area contributed by atoms with Crippen molar-refractivity contribution in [2.45, 2.75) is 65.6 Å². The van der Waals surface area contributed by atoms with Gasteiger partial charge >= 0.3 is 0 Å². The van der Waals surface area contributed by atoms with Crippen molar-refractivity contribution < 1.29 is 0 Å². The van der Waals surface area contributed by atoms with Crippen LogP contribution in [-0.4, -0.2) is 48.6 Å². The molecule has 106 valence electrons. The average Bonchev–Trinajstić information content (AvgIpc) is 2.88. The third-order valence-electron chi connectivity index (χ3n) is 5.58. The molecule has 0 aromatic rings. The maximum Gasteiger partial charge on any atom is 0.0173 e. The Bertz CT molecular complexity index is 299. The number of fused-ring (bicyclic) bond motifs is 1. The van der Waals surface area contributed by atoms with Crippen LogP contribution in [0.3, 0.4) is 0 Å². The van der Waals surface area contributed by atoms with Crippen LogP contribution in [0.1, 0.15) is 47.5 Å². The van der Waals surface area contributed by atoms with E-state index in [1.54, 1.807) is 0 Å². The Morgan fingerprint density at radius 3 is 2.33 bits per heavy atom. The van der Waals surface area contributed by atoms with Gasteiger partial charge in [0.1, 0.15) is 0 Å². The summed E-state index contributed by atoms with van der Waals surface area (Å²) in [5.74, 6) is 1.68. The van der Waals surface area contributed by atoms with Gasteiger partial charge in [-0.3, -0.25) is 4.90 Å². The van der Waals surface area contributed by atoms with Crippen LogP contribution in [0.25, 0.3) is 0 Å². The zero-order valence-corrected chi connectivity index (χ0v) is 13.4. The summed E-state index contributed by atoms with van der Waals surface area (Å²) in [5.41, 5.74) is 0.600. The lowest BCUT2D eigenvalue weighted by Gasteiger charge is -2.40. The van der Waals surface area contributed by atoms with Gasteiger partial charge in [0.2, 0.25) is 0 Å². The van der Waals surface area contributed by atoms with E-state index in [0.717, 1.165) is 23.9 Å². The molecular formula is C16H32N2. The van der Waals surface area contributed by atoms with E-state index in [-0.39, 0.29) is 0 Å². The lowest BCUT2D eigenvalue weighted by atomic mass is 9.80. The standard InChI is InChI=1S/C16H32N2/c1-8-12(4)15-13(10-17(6)7)16(5)9-14(16)18(15)11(2)3/h11-15H,8-10H2,1-7H3/t12?,13?,14-,15-,16-/m1/s1. The summed E-state index contributed by atoms with van der Waals surface area (Å²) in [7, 11) is 4.46. The second-order valence-electron chi connectivity index (χ2n) is 7.51. The molecule has 2 unspecified atom stereocenters. The van der Waals surface area contributed by atoms with Crippen LogP contribution in [0, 0.1) is 17.3 Å². The normalized spacial score (nSPS) is 41.5. The first-order valence-corrected chi connectivity index (χ1v) is 7.75. The molecule has 18 heavy (non-hydrogen) atoms. The molecule has 2 nitrogen and oxygen atoms in total. The van der Waals surface area contributed by atoms with Crippen molar-refractivity contribution in [1.29, 1.82) is 0 Å². The molecule has 0 spiro atoms. The number of hydrogen-bond donors (Lipinski definition) is 0. The number of nitrogens with zero attached hydrogens (tertiary/aromatic N) is 2. The first-order chi connectivity index (χ1) is 8.32. The van der Waals surface area contributed by atoms with E-state index in [1.165, 1.54) is 19.4 Å². The summed E-state index contributed by atoms with van der Waals surface area (Å²) in [6, 6.07) is 2.35. The van der Waals surface area contributed by atoms with E-state index in [4.69, 9.17) is 0 Å². The molecule has 0 bridgehead atoms. The van der Waals surface area contributed by atoms with E-state index in [1.807, 2.05) is 0 Å². The first kappa shape index (κ1) is 14.3. The molecular weight excluding hydrogens is 220 g/mol. The van der Waals surface area contributed by atoms with Crippen molar-refractivity contribution in [3.8, 4) is 0 Å². The van der Waals surface area contributed by atoms with Gasteiger partial charge < -0.3 is 4.90 Å². The summed E-state index contributed by atoms with van der Waals surface area (Å²) >= 11 is 0. The predicted molar refractivity (Wildman–Crippen MR) is 78.8 cm³/mol. The fourth-order valence-electron chi connectivity index (χ4n) is 4.35. The third-order valence-corrected chi connectivity index (χ3v) is 5.58. The summed E-state index contributed by atoms with van der Waals surface area (Å²) in [6.45, 7) is 13.4. The topological polar surface area (TPSA) is 6.48 Å². The van der Waals surface area contributed by atoms with Crippen LogP contribution < -0.4 is 0 Å². The van der Waals surface area contributed by atoms with Gasteiger partial charge in [0.05, 0.1) is 0 Å². The van der Waals surface area contributed by atoms with Gasteiger partial charge in [0, 0.05) is 24.7 Å². The second kappa shape index (κ2) is 4.79. The number of rotatable bonds is 5. The molecule has 2 fully saturated rings. The third kappa shape index (κ3) is 2.12. The molecule has 1 heterocycles. The van der Waals surface area contributed by atoms with Gasteiger partial charge in [0.15, 0.2) is 0 Å². The molecule has 0 amide bonds. The van der Waals surface area contributed by atoms with Crippen molar-refractivity contribution in [2.24, 2.45) is 17.3 Å². The summed E-state index contributed by atoms with van der Waals surface area (Å²) in [4.78, 5) is 5.24. The molecule has 2 heteroatoms. The minimum absolute atomic E-state index is 0.600. The highest BCUT2D eigenvalue weighted by Gasteiger charge is 2.67. The van der Waals surface area contributed by atoms with Gasteiger partial charge in [0.25, 0.3) is 0 Å².